The number of hydrogen-bond donors (Lipinski definition) is 1. The first-order chi connectivity index (χ1) is 5.69. The van der Waals surface area contributed by atoms with E-state index in [4.69, 9.17) is 11.0 Å². The van der Waals surface area contributed by atoms with E-state index in [0.29, 0.717) is 12.1 Å². The first kappa shape index (κ1) is 8.76. The fourth-order valence-corrected chi connectivity index (χ4v) is 1.15. The van der Waals surface area contributed by atoms with Crippen molar-refractivity contribution in [2.75, 3.05) is 0 Å². The molecule has 2 N–H and O–H groups in total. The van der Waals surface area contributed by atoms with Crippen LogP contribution >= 0.6 is 0 Å². The predicted molar refractivity (Wildman–Crippen MR) is 48.5 cm³/mol. The molecule has 62 valence electrons. The van der Waals surface area contributed by atoms with Crippen LogP contribution in [0.1, 0.15) is 22.3 Å². The van der Waals surface area contributed by atoms with Crippen LogP contribution in [0, 0.1) is 25.2 Å². The third kappa shape index (κ3) is 1.46. The molecular formula is C10H12N2. The summed E-state index contributed by atoms with van der Waals surface area (Å²) in [5.41, 5.74) is 9.45. The van der Waals surface area contributed by atoms with Gasteiger partial charge in [-0.2, -0.15) is 5.26 Å². The normalized spacial score (nSPS) is 9.50. The molecule has 0 saturated carbocycles. The van der Waals surface area contributed by atoms with Gasteiger partial charge in [0.05, 0.1) is 11.6 Å². The van der Waals surface area contributed by atoms with Crippen LogP contribution in [0.15, 0.2) is 12.1 Å². The molecule has 0 amide bonds. The molecule has 0 fully saturated rings. The number of nitrogens with zero attached hydrogens (tertiary/aromatic N) is 1. The van der Waals surface area contributed by atoms with E-state index in [0.717, 1.165) is 11.1 Å². The van der Waals surface area contributed by atoms with Crippen molar-refractivity contribution < 1.29 is 0 Å². The molecule has 2 heteroatoms. The minimum atomic E-state index is 0.435. The molecule has 0 aliphatic carbocycles. The van der Waals surface area contributed by atoms with Crippen molar-refractivity contribution in [1.29, 1.82) is 5.26 Å². The maximum absolute atomic E-state index is 8.76. The molecule has 0 aliphatic rings. The number of benzene rings is 1. The molecule has 0 saturated heterocycles. The van der Waals surface area contributed by atoms with Gasteiger partial charge in [0.1, 0.15) is 0 Å². The fourth-order valence-electron chi connectivity index (χ4n) is 1.15. The van der Waals surface area contributed by atoms with E-state index in [1.165, 1.54) is 5.56 Å². The molecule has 2 nitrogen and oxygen atoms in total. The smallest absolute Gasteiger partial charge is 0.0995 e. The lowest BCUT2D eigenvalue weighted by molar-refractivity contribution is 1.05. The average Bonchev–Trinajstić information content (AvgIpc) is 2.09. The molecule has 12 heavy (non-hydrogen) atoms. The van der Waals surface area contributed by atoms with Gasteiger partial charge in [-0.3, -0.25) is 0 Å². The molecule has 1 rings (SSSR count). The summed E-state index contributed by atoms with van der Waals surface area (Å²) < 4.78 is 0. The number of hydrogen-bond acceptors (Lipinski definition) is 2. The molecule has 0 atom stereocenters. The molecule has 1 aromatic rings. The minimum Gasteiger partial charge on any atom is -0.326 e. The van der Waals surface area contributed by atoms with Crippen LogP contribution < -0.4 is 5.73 Å². The largest absolute Gasteiger partial charge is 0.326 e. The molecule has 1 aromatic carbocycles. The topological polar surface area (TPSA) is 49.8 Å². The summed E-state index contributed by atoms with van der Waals surface area (Å²) in [5, 5.41) is 8.76. The summed E-state index contributed by atoms with van der Waals surface area (Å²) in [6, 6.07) is 6.00. The molecule has 0 aliphatic heterocycles. The lowest BCUT2D eigenvalue weighted by atomic mass is 10.0. The zero-order valence-corrected chi connectivity index (χ0v) is 7.39. The SMILES string of the molecule is Cc1cc(C#N)c(CN)cc1C. The van der Waals surface area contributed by atoms with E-state index in [2.05, 4.69) is 6.07 Å². The van der Waals surface area contributed by atoms with Crippen molar-refractivity contribution in [3.05, 3.63) is 34.4 Å². The second kappa shape index (κ2) is 3.38. The third-order valence-corrected chi connectivity index (χ3v) is 2.06. The Balaban J connectivity index is 3.31. The Morgan fingerprint density at radius 3 is 2.42 bits per heavy atom. The number of nitrogens with two attached hydrogens (primary N) is 1. The van der Waals surface area contributed by atoms with Crippen LogP contribution in [0.5, 0.6) is 0 Å². The number of rotatable bonds is 1. The molecule has 0 heterocycles. The molecule has 0 spiro atoms. The Hall–Kier alpha value is -1.33. The second-order valence-electron chi connectivity index (χ2n) is 2.91. The van der Waals surface area contributed by atoms with Gasteiger partial charge in [0, 0.05) is 6.54 Å². The van der Waals surface area contributed by atoms with Crippen molar-refractivity contribution in [2.45, 2.75) is 20.4 Å². The average molecular weight is 160 g/mol. The van der Waals surface area contributed by atoms with Crippen LogP contribution in [-0.2, 0) is 6.54 Å². The molecule has 0 aromatic heterocycles. The lowest BCUT2D eigenvalue weighted by Crippen LogP contribution is -2.00. The predicted octanol–water partition coefficient (Wildman–Crippen LogP) is 1.63. The maximum Gasteiger partial charge on any atom is 0.0995 e. The van der Waals surface area contributed by atoms with Gasteiger partial charge in [0.25, 0.3) is 0 Å². The zero-order valence-electron chi connectivity index (χ0n) is 7.39. The highest BCUT2D eigenvalue weighted by molar-refractivity contribution is 5.43. The van der Waals surface area contributed by atoms with Crippen LogP contribution in [0.4, 0.5) is 0 Å². The second-order valence-corrected chi connectivity index (χ2v) is 2.91. The summed E-state index contributed by atoms with van der Waals surface area (Å²) in [7, 11) is 0. The fraction of sp³-hybridized carbons (Fsp3) is 0.300. The quantitative estimate of drug-likeness (QED) is 0.678. The van der Waals surface area contributed by atoms with Crippen molar-refractivity contribution in [3.63, 3.8) is 0 Å². The monoisotopic (exact) mass is 160 g/mol. The van der Waals surface area contributed by atoms with Gasteiger partial charge in [0.2, 0.25) is 0 Å². The number of aryl methyl sites for hydroxylation is 2. The Kier molecular flexibility index (Phi) is 2.47. The summed E-state index contributed by atoms with van der Waals surface area (Å²) in [5.74, 6) is 0. The van der Waals surface area contributed by atoms with Crippen LogP contribution in [0.2, 0.25) is 0 Å². The van der Waals surface area contributed by atoms with Gasteiger partial charge in [-0.05, 0) is 36.6 Å². The molecule has 0 bridgehead atoms. The highest BCUT2D eigenvalue weighted by Gasteiger charge is 2.02. The van der Waals surface area contributed by atoms with E-state index in [1.807, 2.05) is 26.0 Å². The first-order valence-corrected chi connectivity index (χ1v) is 3.89. The Labute approximate surface area is 72.6 Å². The summed E-state index contributed by atoms with van der Waals surface area (Å²) in [6.07, 6.45) is 0. The molecular weight excluding hydrogens is 148 g/mol. The van der Waals surface area contributed by atoms with E-state index in [1.54, 1.807) is 0 Å². The Morgan fingerprint density at radius 1 is 1.33 bits per heavy atom. The zero-order chi connectivity index (χ0) is 9.14. The van der Waals surface area contributed by atoms with E-state index >= 15 is 0 Å². The van der Waals surface area contributed by atoms with Crippen LogP contribution in [0.3, 0.4) is 0 Å². The standard InChI is InChI=1S/C10H12N2/c1-7-3-9(5-11)10(6-12)4-8(7)2/h3-4H,5,11H2,1-2H3. The van der Waals surface area contributed by atoms with Gasteiger partial charge in [-0.1, -0.05) is 6.07 Å². The van der Waals surface area contributed by atoms with Crippen molar-refractivity contribution >= 4 is 0 Å². The van der Waals surface area contributed by atoms with Crippen molar-refractivity contribution in [2.24, 2.45) is 5.73 Å². The Bertz CT molecular complexity index is 334. The van der Waals surface area contributed by atoms with E-state index in [9.17, 15) is 0 Å². The summed E-state index contributed by atoms with van der Waals surface area (Å²) >= 11 is 0. The molecule has 0 radical (unpaired) electrons. The van der Waals surface area contributed by atoms with Gasteiger partial charge in [-0.25, -0.2) is 0 Å². The van der Waals surface area contributed by atoms with Gasteiger partial charge >= 0.3 is 0 Å². The van der Waals surface area contributed by atoms with Gasteiger partial charge < -0.3 is 5.73 Å². The highest BCUT2D eigenvalue weighted by atomic mass is 14.5. The first-order valence-electron chi connectivity index (χ1n) is 3.89. The van der Waals surface area contributed by atoms with Crippen LogP contribution in [-0.4, -0.2) is 0 Å². The van der Waals surface area contributed by atoms with E-state index < -0.39 is 0 Å². The van der Waals surface area contributed by atoms with E-state index in [-0.39, 0.29) is 0 Å². The lowest BCUT2D eigenvalue weighted by Gasteiger charge is -2.04. The third-order valence-electron chi connectivity index (χ3n) is 2.06. The molecule has 0 unspecified atom stereocenters. The van der Waals surface area contributed by atoms with Gasteiger partial charge in [-0.15, -0.1) is 0 Å². The summed E-state index contributed by atoms with van der Waals surface area (Å²) in [6.45, 7) is 4.45. The van der Waals surface area contributed by atoms with Gasteiger partial charge in [0.15, 0.2) is 0 Å². The highest BCUT2D eigenvalue weighted by Crippen LogP contribution is 2.14. The maximum atomic E-state index is 8.76. The van der Waals surface area contributed by atoms with Crippen molar-refractivity contribution in [3.8, 4) is 6.07 Å². The van der Waals surface area contributed by atoms with Crippen molar-refractivity contribution in [1.82, 2.24) is 0 Å². The number of nitriles is 1. The minimum absolute atomic E-state index is 0.435. The van der Waals surface area contributed by atoms with Crippen LogP contribution in [0.25, 0.3) is 0 Å². The summed E-state index contributed by atoms with van der Waals surface area (Å²) in [4.78, 5) is 0. The Morgan fingerprint density at radius 2 is 1.92 bits per heavy atom.